The van der Waals surface area contributed by atoms with Crippen LogP contribution in [0.2, 0.25) is 0 Å². The normalized spacial score (nSPS) is 13.2. The van der Waals surface area contributed by atoms with Gasteiger partial charge in [-0.25, -0.2) is 4.79 Å². The standard InChI is InChI=1S/C24H35NO2S.C8H10N2O2.H2/c1-24(2,3)28(5,6)27-17-15-19-9-12-21(13-10-19)25(4)22-14-11-20-8-7-16-26-23(20)18-22;1-9-7-5-10-4-3-6(7)8(11)12-2;/h9-14,18H,7-8,15-17H2,1-6H3;3-5,9H,1-2H3;1H. The van der Waals surface area contributed by atoms with Crippen LogP contribution in [0.25, 0.3) is 0 Å². The Hall–Kier alpha value is -3.23. The lowest BCUT2D eigenvalue weighted by atomic mass is 10.1. The number of benzene rings is 2. The van der Waals surface area contributed by atoms with Gasteiger partial charge in [-0.2, -0.15) is 0 Å². The number of esters is 1. The minimum Gasteiger partial charge on any atom is -0.493 e. The van der Waals surface area contributed by atoms with Gasteiger partial charge in [-0.3, -0.25) is 4.98 Å². The highest BCUT2D eigenvalue weighted by Gasteiger charge is 2.28. The Labute approximate surface area is 243 Å². The molecule has 8 heteroatoms. The lowest BCUT2D eigenvalue weighted by molar-refractivity contribution is 0.0601. The Balaban J connectivity index is 0.000000381. The van der Waals surface area contributed by atoms with E-state index < -0.39 is 10.3 Å². The number of carbonyl (C=O) groups is 1. The first-order valence-electron chi connectivity index (χ1n) is 13.6. The molecule has 1 N–H and O–H groups in total. The van der Waals surface area contributed by atoms with E-state index >= 15 is 0 Å². The molecule has 0 amide bonds. The molecule has 0 radical (unpaired) electrons. The van der Waals surface area contributed by atoms with Crippen LogP contribution in [-0.4, -0.2) is 62.6 Å². The molecule has 0 bridgehead atoms. The van der Waals surface area contributed by atoms with Crippen molar-refractivity contribution in [1.29, 1.82) is 0 Å². The number of aryl methyl sites for hydroxylation is 1. The zero-order valence-electron chi connectivity index (χ0n) is 25.2. The maximum absolute atomic E-state index is 11.1. The summed E-state index contributed by atoms with van der Waals surface area (Å²) < 4.78 is 16.9. The minimum absolute atomic E-state index is 0. The number of pyridine rings is 1. The SMILES string of the molecule is CN(c1ccc(CCOS(C)(C)C(C)(C)C)cc1)c1ccc2c(c1)OCCC2.CNc1cnccc1C(=O)OC.[HH]. The molecule has 1 aliphatic heterocycles. The number of ether oxygens (including phenoxy) is 2. The molecule has 0 fully saturated rings. The van der Waals surface area contributed by atoms with Gasteiger partial charge in [0, 0.05) is 43.9 Å². The molecular formula is C32H47N3O4S. The summed E-state index contributed by atoms with van der Waals surface area (Å²) in [6.45, 7) is 8.39. The van der Waals surface area contributed by atoms with Crippen LogP contribution < -0.4 is 15.0 Å². The first kappa shape index (κ1) is 31.3. The van der Waals surface area contributed by atoms with Gasteiger partial charge in [0.1, 0.15) is 5.75 Å². The largest absolute Gasteiger partial charge is 0.493 e. The number of fused-ring (bicyclic) bond motifs is 1. The molecule has 0 saturated carbocycles. The summed E-state index contributed by atoms with van der Waals surface area (Å²) in [5.41, 5.74) is 6.14. The van der Waals surface area contributed by atoms with E-state index in [1.54, 1.807) is 25.5 Å². The first-order chi connectivity index (χ1) is 19.0. The van der Waals surface area contributed by atoms with Crippen molar-refractivity contribution in [1.82, 2.24) is 4.98 Å². The maximum Gasteiger partial charge on any atom is 0.340 e. The summed E-state index contributed by atoms with van der Waals surface area (Å²) in [6, 6.07) is 17.0. The molecule has 1 aliphatic rings. The van der Waals surface area contributed by atoms with Crippen LogP contribution in [0.3, 0.4) is 0 Å². The molecular weight excluding hydrogens is 522 g/mol. The highest BCUT2D eigenvalue weighted by atomic mass is 32.3. The van der Waals surface area contributed by atoms with Gasteiger partial charge >= 0.3 is 5.97 Å². The van der Waals surface area contributed by atoms with Crippen molar-refractivity contribution in [3.63, 3.8) is 0 Å². The van der Waals surface area contributed by atoms with Gasteiger partial charge in [0.15, 0.2) is 0 Å². The fourth-order valence-electron chi connectivity index (χ4n) is 4.00. The van der Waals surface area contributed by atoms with E-state index in [0.29, 0.717) is 11.3 Å². The second kappa shape index (κ2) is 13.9. The van der Waals surface area contributed by atoms with Crippen molar-refractivity contribution in [3.05, 3.63) is 77.6 Å². The average Bonchev–Trinajstić information content (AvgIpc) is 2.96. The van der Waals surface area contributed by atoms with Crippen molar-refractivity contribution >= 4 is 33.3 Å². The van der Waals surface area contributed by atoms with E-state index in [1.807, 2.05) is 0 Å². The number of hydrogen-bond acceptors (Lipinski definition) is 7. The van der Waals surface area contributed by atoms with Crippen LogP contribution in [0.5, 0.6) is 5.75 Å². The van der Waals surface area contributed by atoms with Crippen LogP contribution in [-0.2, 0) is 21.8 Å². The number of nitrogens with zero attached hydrogens (tertiary/aromatic N) is 2. The summed E-state index contributed by atoms with van der Waals surface area (Å²) in [5.74, 6) is 0.676. The number of anilines is 3. The van der Waals surface area contributed by atoms with Crippen LogP contribution in [0.1, 0.15) is 50.1 Å². The highest BCUT2D eigenvalue weighted by Crippen LogP contribution is 2.53. The van der Waals surface area contributed by atoms with Gasteiger partial charge in [-0.15, -0.1) is 10.3 Å². The van der Waals surface area contributed by atoms with E-state index in [9.17, 15) is 4.79 Å². The molecule has 220 valence electrons. The highest BCUT2D eigenvalue weighted by molar-refractivity contribution is 8.29. The molecule has 4 rings (SSSR count). The van der Waals surface area contributed by atoms with Crippen LogP contribution in [0, 0.1) is 0 Å². The van der Waals surface area contributed by atoms with Gasteiger partial charge in [0.25, 0.3) is 0 Å². The second-order valence-electron chi connectivity index (χ2n) is 11.0. The molecule has 0 aliphatic carbocycles. The molecule has 7 nitrogen and oxygen atoms in total. The topological polar surface area (TPSA) is 72.9 Å². The summed E-state index contributed by atoms with van der Waals surface area (Å²) in [4.78, 5) is 17.2. The molecule has 0 atom stereocenters. The average molecular weight is 570 g/mol. The number of nitrogens with one attached hydrogen (secondary N) is 1. The molecule has 3 aromatic rings. The van der Waals surface area contributed by atoms with Gasteiger partial charge in [-0.05, 0) is 67.2 Å². The van der Waals surface area contributed by atoms with Gasteiger partial charge in [0.05, 0.1) is 37.8 Å². The lowest BCUT2D eigenvalue weighted by Gasteiger charge is -2.43. The van der Waals surface area contributed by atoms with Crippen LogP contribution in [0.4, 0.5) is 17.1 Å². The van der Waals surface area contributed by atoms with Crippen LogP contribution in [0.15, 0.2) is 60.9 Å². The molecule has 2 heterocycles. The molecule has 0 unspecified atom stereocenters. The number of carbonyl (C=O) groups excluding carboxylic acids is 1. The van der Waals surface area contributed by atoms with Crippen molar-refractivity contribution in [3.8, 4) is 5.75 Å². The molecule has 2 aromatic carbocycles. The Morgan fingerprint density at radius 1 is 1.12 bits per heavy atom. The summed E-state index contributed by atoms with van der Waals surface area (Å²) in [5, 5.41) is 2.85. The van der Waals surface area contributed by atoms with E-state index in [0.717, 1.165) is 43.9 Å². The zero-order chi connectivity index (χ0) is 29.3. The Kier molecular flexibility index (Phi) is 10.9. The predicted octanol–water partition coefficient (Wildman–Crippen LogP) is 7.27. The third-order valence-electron chi connectivity index (χ3n) is 7.35. The number of aromatic nitrogens is 1. The van der Waals surface area contributed by atoms with E-state index in [4.69, 9.17) is 8.92 Å². The summed E-state index contributed by atoms with van der Waals surface area (Å²) in [7, 11) is 4.13. The molecule has 1 aromatic heterocycles. The van der Waals surface area contributed by atoms with E-state index in [1.165, 1.54) is 23.9 Å². The number of rotatable bonds is 8. The van der Waals surface area contributed by atoms with Gasteiger partial charge < -0.3 is 23.9 Å². The van der Waals surface area contributed by atoms with Crippen molar-refractivity contribution in [2.45, 2.75) is 44.8 Å². The Morgan fingerprint density at radius 2 is 1.82 bits per heavy atom. The van der Waals surface area contributed by atoms with Crippen molar-refractivity contribution in [2.24, 2.45) is 0 Å². The van der Waals surface area contributed by atoms with Crippen LogP contribution >= 0.6 is 10.3 Å². The Morgan fingerprint density at radius 3 is 2.48 bits per heavy atom. The first-order valence-corrected chi connectivity index (χ1v) is 16.0. The Bertz CT molecular complexity index is 1260. The number of methoxy groups -OCH3 is 1. The lowest BCUT2D eigenvalue weighted by Crippen LogP contribution is -2.25. The summed E-state index contributed by atoms with van der Waals surface area (Å²) in [6.07, 6.45) is 10.8. The molecule has 0 spiro atoms. The number of hydrogen-bond donors (Lipinski definition) is 1. The zero-order valence-corrected chi connectivity index (χ0v) is 26.1. The van der Waals surface area contributed by atoms with Gasteiger partial charge in [-0.1, -0.05) is 39.0 Å². The minimum atomic E-state index is -1.05. The maximum atomic E-state index is 11.1. The third kappa shape index (κ3) is 8.15. The fourth-order valence-corrected chi connectivity index (χ4v) is 4.85. The summed E-state index contributed by atoms with van der Waals surface area (Å²) >= 11 is 0. The van der Waals surface area contributed by atoms with E-state index in [-0.39, 0.29) is 12.1 Å². The molecule has 40 heavy (non-hydrogen) atoms. The van der Waals surface area contributed by atoms with E-state index in [2.05, 4.69) is 103 Å². The third-order valence-corrected chi connectivity index (χ3v) is 11.1. The second-order valence-corrected chi connectivity index (χ2v) is 15.0. The predicted molar refractivity (Wildman–Crippen MR) is 171 cm³/mol. The fraction of sp³-hybridized carbons (Fsp3) is 0.438. The monoisotopic (exact) mass is 569 g/mol. The van der Waals surface area contributed by atoms with Crippen molar-refractivity contribution in [2.75, 3.05) is 57.1 Å². The quantitative estimate of drug-likeness (QED) is 0.286. The smallest absolute Gasteiger partial charge is 0.340 e. The van der Waals surface area contributed by atoms with Gasteiger partial charge in [0.2, 0.25) is 0 Å². The molecule has 0 saturated heterocycles. The van der Waals surface area contributed by atoms with Crippen molar-refractivity contribution < 1.29 is 19.9 Å².